The molecule has 2 atom stereocenters. The van der Waals surface area contributed by atoms with Gasteiger partial charge in [-0.05, 0) is 37.4 Å². The second-order valence-corrected chi connectivity index (χ2v) is 5.39. The van der Waals surface area contributed by atoms with Gasteiger partial charge >= 0.3 is 0 Å². The van der Waals surface area contributed by atoms with Gasteiger partial charge in [-0.25, -0.2) is 0 Å². The average Bonchev–Trinajstić information content (AvgIpc) is 2.03. The Kier molecular flexibility index (Phi) is 5.18. The summed E-state index contributed by atoms with van der Waals surface area (Å²) >= 11 is 1.87. The summed E-state index contributed by atoms with van der Waals surface area (Å²) < 4.78 is 5.84. The fraction of sp³-hybridized carbons (Fsp3) is 1.00. The number of ether oxygens (including phenoxy) is 1. The zero-order valence-electron chi connectivity index (χ0n) is 9.08. The van der Waals surface area contributed by atoms with Crippen LogP contribution in [-0.2, 0) is 4.74 Å². The first-order chi connectivity index (χ1) is 6.22. The van der Waals surface area contributed by atoms with Crippen LogP contribution in [0.1, 0.15) is 33.1 Å². The van der Waals surface area contributed by atoms with E-state index in [-0.39, 0.29) is 0 Å². The molecule has 1 fully saturated rings. The first-order valence-corrected chi connectivity index (χ1v) is 6.72. The molecule has 0 amide bonds. The number of rotatable bonds is 4. The van der Waals surface area contributed by atoms with E-state index in [9.17, 15) is 0 Å². The summed E-state index contributed by atoms with van der Waals surface area (Å²) in [5.74, 6) is 2.87. The van der Waals surface area contributed by atoms with E-state index in [1.165, 1.54) is 19.3 Å². The molecule has 0 heterocycles. The smallest absolute Gasteiger partial charge is 0.0580 e. The van der Waals surface area contributed by atoms with Crippen LogP contribution < -0.4 is 0 Å². The Morgan fingerprint density at radius 2 is 1.77 bits per heavy atom. The van der Waals surface area contributed by atoms with E-state index in [1.807, 2.05) is 11.8 Å². The minimum atomic E-state index is 0.547. The van der Waals surface area contributed by atoms with Gasteiger partial charge in [-0.15, -0.1) is 0 Å². The van der Waals surface area contributed by atoms with Gasteiger partial charge in [0.05, 0.1) is 12.7 Å². The molecule has 1 nitrogen and oxygen atoms in total. The van der Waals surface area contributed by atoms with Gasteiger partial charge in [-0.1, -0.05) is 13.8 Å². The van der Waals surface area contributed by atoms with Crippen molar-refractivity contribution in [3.05, 3.63) is 0 Å². The molecule has 1 aliphatic rings. The number of hydrogen-bond acceptors (Lipinski definition) is 2. The van der Waals surface area contributed by atoms with Gasteiger partial charge in [0, 0.05) is 5.75 Å². The summed E-state index contributed by atoms with van der Waals surface area (Å²) in [6.45, 7) is 5.63. The van der Waals surface area contributed by atoms with Crippen LogP contribution in [0.5, 0.6) is 0 Å². The Morgan fingerprint density at radius 3 is 2.31 bits per heavy atom. The molecule has 1 rings (SSSR count). The average molecular weight is 202 g/mol. The Morgan fingerprint density at radius 1 is 1.15 bits per heavy atom. The third-order valence-electron chi connectivity index (χ3n) is 2.78. The summed E-state index contributed by atoms with van der Waals surface area (Å²) in [4.78, 5) is 0. The normalized spacial score (nSPS) is 34.8. The van der Waals surface area contributed by atoms with Crippen LogP contribution in [0.4, 0.5) is 0 Å². The lowest BCUT2D eigenvalue weighted by Gasteiger charge is -2.31. The predicted octanol–water partition coefficient (Wildman–Crippen LogP) is 3.19. The van der Waals surface area contributed by atoms with Gasteiger partial charge in [-0.2, -0.15) is 11.8 Å². The molecule has 0 aromatic heterocycles. The summed E-state index contributed by atoms with van der Waals surface area (Å²) in [6, 6.07) is 0. The summed E-state index contributed by atoms with van der Waals surface area (Å²) in [5, 5.41) is 0. The van der Waals surface area contributed by atoms with E-state index in [2.05, 4.69) is 20.1 Å². The maximum atomic E-state index is 5.84. The molecule has 0 aromatic rings. The van der Waals surface area contributed by atoms with Crippen LogP contribution in [0.15, 0.2) is 0 Å². The van der Waals surface area contributed by atoms with Crippen molar-refractivity contribution in [2.24, 2.45) is 11.8 Å². The fourth-order valence-corrected chi connectivity index (χ4v) is 2.57. The van der Waals surface area contributed by atoms with Crippen molar-refractivity contribution in [1.29, 1.82) is 0 Å². The van der Waals surface area contributed by atoms with Gasteiger partial charge in [0.25, 0.3) is 0 Å². The maximum absolute atomic E-state index is 5.84. The second-order valence-electron chi connectivity index (χ2n) is 4.40. The molecular weight excluding hydrogens is 180 g/mol. The van der Waals surface area contributed by atoms with Gasteiger partial charge in [0.2, 0.25) is 0 Å². The van der Waals surface area contributed by atoms with Crippen molar-refractivity contribution < 1.29 is 4.74 Å². The Labute approximate surface area is 86.6 Å². The number of hydrogen-bond donors (Lipinski definition) is 0. The van der Waals surface area contributed by atoms with Crippen molar-refractivity contribution in [2.75, 3.05) is 18.6 Å². The van der Waals surface area contributed by atoms with Gasteiger partial charge < -0.3 is 4.74 Å². The van der Waals surface area contributed by atoms with Crippen LogP contribution in [0.2, 0.25) is 0 Å². The van der Waals surface area contributed by atoms with E-state index >= 15 is 0 Å². The molecule has 1 aliphatic carbocycles. The summed E-state index contributed by atoms with van der Waals surface area (Å²) in [7, 11) is 0. The molecule has 0 aromatic carbocycles. The van der Waals surface area contributed by atoms with E-state index in [1.54, 1.807) is 0 Å². The topological polar surface area (TPSA) is 9.23 Å². The van der Waals surface area contributed by atoms with Gasteiger partial charge in [-0.3, -0.25) is 0 Å². The Bertz CT molecular complexity index is 128. The van der Waals surface area contributed by atoms with Crippen LogP contribution in [0.25, 0.3) is 0 Å². The molecule has 0 aliphatic heterocycles. The molecule has 78 valence electrons. The molecule has 0 bridgehead atoms. The second kappa shape index (κ2) is 5.92. The van der Waals surface area contributed by atoms with Crippen molar-refractivity contribution in [3.63, 3.8) is 0 Å². The van der Waals surface area contributed by atoms with Gasteiger partial charge in [0.1, 0.15) is 0 Å². The molecular formula is C11H22OS. The molecule has 1 saturated carbocycles. The zero-order chi connectivity index (χ0) is 9.68. The van der Waals surface area contributed by atoms with Crippen molar-refractivity contribution in [2.45, 2.75) is 39.2 Å². The zero-order valence-corrected chi connectivity index (χ0v) is 9.90. The third-order valence-corrected chi connectivity index (χ3v) is 3.35. The lowest BCUT2D eigenvalue weighted by molar-refractivity contribution is 0.00920. The molecule has 2 heteroatoms. The Hall–Kier alpha value is 0.310. The monoisotopic (exact) mass is 202 g/mol. The summed E-state index contributed by atoms with van der Waals surface area (Å²) in [6.07, 6.45) is 6.63. The largest absolute Gasteiger partial charge is 0.377 e. The molecule has 2 unspecified atom stereocenters. The van der Waals surface area contributed by atoms with E-state index in [4.69, 9.17) is 4.74 Å². The van der Waals surface area contributed by atoms with Crippen molar-refractivity contribution in [1.82, 2.24) is 0 Å². The molecule has 0 N–H and O–H groups in total. The van der Waals surface area contributed by atoms with Gasteiger partial charge in [0.15, 0.2) is 0 Å². The van der Waals surface area contributed by atoms with E-state index in [0.717, 1.165) is 24.2 Å². The van der Waals surface area contributed by atoms with Crippen LogP contribution in [0, 0.1) is 11.8 Å². The van der Waals surface area contributed by atoms with Crippen LogP contribution in [0.3, 0.4) is 0 Å². The lowest BCUT2D eigenvalue weighted by atomic mass is 9.82. The standard InChI is InChI=1S/C11H22OS/c1-9-6-10(2)8-11(7-9)12-4-5-13-3/h9-11H,4-8H2,1-3H3. The van der Waals surface area contributed by atoms with E-state index in [0.29, 0.717) is 6.10 Å². The molecule has 13 heavy (non-hydrogen) atoms. The highest BCUT2D eigenvalue weighted by Crippen LogP contribution is 2.30. The minimum absolute atomic E-state index is 0.547. The predicted molar refractivity (Wildman–Crippen MR) is 60.3 cm³/mol. The van der Waals surface area contributed by atoms with E-state index < -0.39 is 0 Å². The Balaban J connectivity index is 2.17. The molecule has 0 radical (unpaired) electrons. The quantitative estimate of drug-likeness (QED) is 0.648. The highest BCUT2D eigenvalue weighted by Gasteiger charge is 2.23. The lowest BCUT2D eigenvalue weighted by Crippen LogP contribution is -2.26. The van der Waals surface area contributed by atoms with Crippen molar-refractivity contribution >= 4 is 11.8 Å². The van der Waals surface area contributed by atoms with Crippen molar-refractivity contribution in [3.8, 4) is 0 Å². The number of thioether (sulfide) groups is 1. The minimum Gasteiger partial charge on any atom is -0.377 e. The molecule has 0 spiro atoms. The SMILES string of the molecule is CSCCOC1CC(C)CC(C)C1. The molecule has 0 saturated heterocycles. The fourth-order valence-electron chi connectivity index (χ4n) is 2.31. The van der Waals surface area contributed by atoms with Crippen LogP contribution in [-0.4, -0.2) is 24.7 Å². The first kappa shape index (κ1) is 11.4. The van der Waals surface area contributed by atoms with Crippen LogP contribution >= 0.6 is 11.8 Å². The highest BCUT2D eigenvalue weighted by molar-refractivity contribution is 7.98. The highest BCUT2D eigenvalue weighted by atomic mass is 32.2. The maximum Gasteiger partial charge on any atom is 0.0580 e. The third kappa shape index (κ3) is 4.37. The summed E-state index contributed by atoms with van der Waals surface area (Å²) in [5.41, 5.74) is 0. The first-order valence-electron chi connectivity index (χ1n) is 5.33.